The summed E-state index contributed by atoms with van der Waals surface area (Å²) >= 11 is 6.02. The van der Waals surface area contributed by atoms with E-state index in [1.165, 1.54) is 0 Å². The summed E-state index contributed by atoms with van der Waals surface area (Å²) in [6.07, 6.45) is -0.255. The molecule has 2 aromatic rings. The van der Waals surface area contributed by atoms with E-state index in [4.69, 9.17) is 25.8 Å². The van der Waals surface area contributed by atoms with Crippen LogP contribution < -0.4 is 19.5 Å². The van der Waals surface area contributed by atoms with E-state index in [-0.39, 0.29) is 12.0 Å². The molecule has 1 heterocycles. The van der Waals surface area contributed by atoms with Crippen molar-refractivity contribution in [2.75, 3.05) is 13.2 Å². The fourth-order valence-corrected chi connectivity index (χ4v) is 2.79. The summed E-state index contributed by atoms with van der Waals surface area (Å²) < 4.78 is 17.3. The van der Waals surface area contributed by atoms with E-state index in [2.05, 4.69) is 5.32 Å². The van der Waals surface area contributed by atoms with Crippen LogP contribution in [0, 0.1) is 6.92 Å². The molecule has 0 spiro atoms. The number of hydrogen-bond acceptors (Lipinski definition) is 4. The molecule has 5 nitrogen and oxygen atoms in total. The zero-order valence-corrected chi connectivity index (χ0v) is 15.6. The second-order valence-electron chi connectivity index (χ2n) is 6.17. The van der Waals surface area contributed by atoms with Gasteiger partial charge in [0.25, 0.3) is 5.91 Å². The molecule has 0 unspecified atom stereocenters. The van der Waals surface area contributed by atoms with Gasteiger partial charge < -0.3 is 19.5 Å². The highest BCUT2D eigenvalue weighted by molar-refractivity contribution is 6.31. The van der Waals surface area contributed by atoms with Crippen molar-refractivity contribution in [1.29, 1.82) is 0 Å². The van der Waals surface area contributed by atoms with Gasteiger partial charge >= 0.3 is 0 Å². The number of benzene rings is 2. The lowest BCUT2D eigenvalue weighted by Gasteiger charge is -2.27. The van der Waals surface area contributed by atoms with Gasteiger partial charge in [-0.3, -0.25) is 4.79 Å². The Morgan fingerprint density at radius 3 is 2.81 bits per heavy atom. The molecule has 0 bridgehead atoms. The van der Waals surface area contributed by atoms with Gasteiger partial charge in [-0.1, -0.05) is 30.7 Å². The van der Waals surface area contributed by atoms with Crippen molar-refractivity contribution in [2.45, 2.75) is 32.5 Å². The minimum absolute atomic E-state index is 0.178. The van der Waals surface area contributed by atoms with Gasteiger partial charge in [0.15, 0.2) is 17.6 Å². The maximum atomic E-state index is 12.5. The van der Waals surface area contributed by atoms with Crippen LogP contribution in [0.5, 0.6) is 17.2 Å². The lowest BCUT2D eigenvalue weighted by molar-refractivity contribution is -0.128. The number of amides is 1. The molecule has 0 saturated carbocycles. The summed E-state index contributed by atoms with van der Waals surface area (Å²) in [5, 5.41) is 3.56. The normalized spacial score (nSPS) is 16.7. The fourth-order valence-electron chi connectivity index (χ4n) is 2.67. The average molecular weight is 376 g/mol. The summed E-state index contributed by atoms with van der Waals surface area (Å²) in [7, 11) is 0. The first kappa shape index (κ1) is 18.4. The lowest BCUT2D eigenvalue weighted by atomic mass is 10.2. The van der Waals surface area contributed by atoms with E-state index in [0.29, 0.717) is 36.1 Å². The summed E-state index contributed by atoms with van der Waals surface area (Å²) in [5.74, 6) is 1.86. The van der Waals surface area contributed by atoms with Gasteiger partial charge in [-0.05, 0) is 49.2 Å². The largest absolute Gasteiger partial charge is 0.486 e. The molecule has 0 aliphatic carbocycles. The molecule has 1 N–H and O–H groups in total. The van der Waals surface area contributed by atoms with Crippen LogP contribution in [0.3, 0.4) is 0 Å². The summed E-state index contributed by atoms with van der Waals surface area (Å²) in [5.41, 5.74) is 0.908. The van der Waals surface area contributed by atoms with E-state index in [9.17, 15) is 4.79 Å². The molecule has 2 atom stereocenters. The van der Waals surface area contributed by atoms with E-state index >= 15 is 0 Å². The standard InChI is InChI=1S/C20H22ClNO4/c1-3-17(25-14-8-9-16(21)13(2)10-14)20(23)22-11-15-12-24-18-6-4-5-7-19(18)26-15/h4-10,15,17H,3,11-12H2,1-2H3,(H,22,23)/t15-,17+/m1/s1. The van der Waals surface area contributed by atoms with Crippen molar-refractivity contribution >= 4 is 17.5 Å². The summed E-state index contributed by atoms with van der Waals surface area (Å²) in [6.45, 7) is 4.55. The first-order chi connectivity index (χ1) is 12.6. The molecule has 1 amide bonds. The highest BCUT2D eigenvalue weighted by Gasteiger charge is 2.24. The maximum Gasteiger partial charge on any atom is 0.261 e. The number of halogens is 1. The predicted octanol–water partition coefficient (Wildman–Crippen LogP) is 3.76. The van der Waals surface area contributed by atoms with Crippen LogP contribution in [0.2, 0.25) is 5.02 Å². The maximum absolute atomic E-state index is 12.5. The molecule has 6 heteroatoms. The van der Waals surface area contributed by atoms with Gasteiger partial charge in [-0.2, -0.15) is 0 Å². The van der Waals surface area contributed by atoms with Gasteiger partial charge in [0, 0.05) is 5.02 Å². The molecular weight excluding hydrogens is 354 g/mol. The Kier molecular flexibility index (Phi) is 5.89. The van der Waals surface area contributed by atoms with Crippen molar-refractivity contribution in [1.82, 2.24) is 5.32 Å². The molecular formula is C20H22ClNO4. The number of nitrogens with one attached hydrogen (secondary N) is 1. The number of rotatable bonds is 6. The molecule has 0 saturated heterocycles. The van der Waals surface area contributed by atoms with Crippen molar-refractivity contribution in [3.8, 4) is 17.2 Å². The van der Waals surface area contributed by atoms with E-state index in [0.717, 1.165) is 11.3 Å². The van der Waals surface area contributed by atoms with Gasteiger partial charge in [-0.15, -0.1) is 0 Å². The Bertz CT molecular complexity index is 780. The second kappa shape index (κ2) is 8.32. The quantitative estimate of drug-likeness (QED) is 0.835. The lowest BCUT2D eigenvalue weighted by Crippen LogP contribution is -2.45. The molecule has 1 aliphatic heterocycles. The number of ether oxygens (including phenoxy) is 3. The van der Waals surface area contributed by atoms with E-state index in [1.54, 1.807) is 12.1 Å². The minimum Gasteiger partial charge on any atom is -0.486 e. The van der Waals surface area contributed by atoms with E-state index in [1.807, 2.05) is 44.2 Å². The molecule has 3 rings (SSSR count). The molecule has 0 fully saturated rings. The van der Waals surface area contributed by atoms with Crippen LogP contribution in [0.25, 0.3) is 0 Å². The topological polar surface area (TPSA) is 56.8 Å². The zero-order valence-electron chi connectivity index (χ0n) is 14.8. The van der Waals surface area contributed by atoms with Crippen LogP contribution in [0.15, 0.2) is 42.5 Å². The Morgan fingerprint density at radius 1 is 1.31 bits per heavy atom. The highest BCUT2D eigenvalue weighted by Crippen LogP contribution is 2.30. The van der Waals surface area contributed by atoms with Crippen molar-refractivity contribution in [3.05, 3.63) is 53.1 Å². The third kappa shape index (κ3) is 4.41. The van der Waals surface area contributed by atoms with Crippen LogP contribution in [-0.4, -0.2) is 31.3 Å². The molecule has 138 valence electrons. The summed E-state index contributed by atoms with van der Waals surface area (Å²) in [6, 6.07) is 12.8. The first-order valence-electron chi connectivity index (χ1n) is 8.66. The fraction of sp³-hybridized carbons (Fsp3) is 0.350. The van der Waals surface area contributed by atoms with Crippen LogP contribution in [0.4, 0.5) is 0 Å². The SMILES string of the molecule is CC[C@H](Oc1ccc(Cl)c(C)c1)C(=O)NC[C@@H]1COc2ccccc2O1. The second-order valence-corrected chi connectivity index (χ2v) is 6.58. The predicted molar refractivity (Wildman–Crippen MR) is 100 cm³/mol. The molecule has 0 aromatic heterocycles. The Morgan fingerprint density at radius 2 is 2.08 bits per heavy atom. The Balaban J connectivity index is 1.54. The number of hydrogen-bond donors (Lipinski definition) is 1. The number of para-hydroxylation sites is 2. The van der Waals surface area contributed by atoms with Crippen molar-refractivity contribution in [3.63, 3.8) is 0 Å². The zero-order chi connectivity index (χ0) is 18.5. The number of carbonyl (C=O) groups is 1. The monoisotopic (exact) mass is 375 g/mol. The van der Waals surface area contributed by atoms with Crippen LogP contribution >= 0.6 is 11.6 Å². The van der Waals surface area contributed by atoms with Crippen LogP contribution in [0.1, 0.15) is 18.9 Å². The number of fused-ring (bicyclic) bond motifs is 1. The smallest absolute Gasteiger partial charge is 0.261 e. The van der Waals surface area contributed by atoms with Crippen molar-refractivity contribution < 1.29 is 19.0 Å². The summed E-state index contributed by atoms with van der Waals surface area (Å²) in [4.78, 5) is 12.5. The molecule has 0 radical (unpaired) electrons. The van der Waals surface area contributed by atoms with Gasteiger partial charge in [0.2, 0.25) is 0 Å². The van der Waals surface area contributed by atoms with E-state index < -0.39 is 6.10 Å². The Hall–Kier alpha value is -2.40. The van der Waals surface area contributed by atoms with Gasteiger partial charge in [-0.25, -0.2) is 0 Å². The van der Waals surface area contributed by atoms with Gasteiger partial charge in [0.1, 0.15) is 18.5 Å². The Labute approximate surface area is 158 Å². The molecule has 1 aliphatic rings. The minimum atomic E-state index is -0.577. The number of carbonyl (C=O) groups excluding carboxylic acids is 1. The number of aryl methyl sites for hydroxylation is 1. The molecule has 2 aromatic carbocycles. The highest BCUT2D eigenvalue weighted by atomic mass is 35.5. The third-order valence-corrected chi connectivity index (χ3v) is 4.57. The van der Waals surface area contributed by atoms with Crippen LogP contribution in [-0.2, 0) is 4.79 Å². The van der Waals surface area contributed by atoms with Gasteiger partial charge in [0.05, 0.1) is 6.54 Å². The first-order valence-corrected chi connectivity index (χ1v) is 9.03. The third-order valence-electron chi connectivity index (χ3n) is 4.14. The average Bonchev–Trinajstić information content (AvgIpc) is 2.66. The van der Waals surface area contributed by atoms with Crippen molar-refractivity contribution in [2.24, 2.45) is 0 Å². The molecule has 26 heavy (non-hydrogen) atoms.